The van der Waals surface area contributed by atoms with E-state index in [1.54, 1.807) is 62.4 Å². The van der Waals surface area contributed by atoms with Crippen molar-refractivity contribution in [3.63, 3.8) is 0 Å². The van der Waals surface area contributed by atoms with E-state index in [4.69, 9.17) is 21.1 Å². The molecule has 6 nitrogen and oxygen atoms in total. The number of hydrogen-bond acceptors (Lipinski definition) is 5. The van der Waals surface area contributed by atoms with Gasteiger partial charge in [0.15, 0.2) is 6.61 Å². The average Bonchev–Trinajstić information content (AvgIpc) is 2.69. The van der Waals surface area contributed by atoms with Crippen LogP contribution in [-0.2, 0) is 9.53 Å². The van der Waals surface area contributed by atoms with E-state index < -0.39 is 30.3 Å². The van der Waals surface area contributed by atoms with E-state index in [0.29, 0.717) is 21.9 Å². The van der Waals surface area contributed by atoms with Gasteiger partial charge in [-0.25, -0.2) is 4.79 Å². The molecule has 0 bridgehead atoms. The van der Waals surface area contributed by atoms with Crippen LogP contribution in [0.2, 0.25) is 5.02 Å². The van der Waals surface area contributed by atoms with E-state index in [1.807, 2.05) is 0 Å². The summed E-state index contributed by atoms with van der Waals surface area (Å²) in [6, 6.07) is 12.1. The lowest BCUT2D eigenvalue weighted by atomic mass is 10.0. The van der Waals surface area contributed by atoms with Crippen molar-refractivity contribution < 1.29 is 23.9 Å². The molecule has 0 aliphatic carbocycles. The predicted octanol–water partition coefficient (Wildman–Crippen LogP) is 3.53. The van der Waals surface area contributed by atoms with Crippen molar-refractivity contribution in [1.82, 2.24) is 5.32 Å². The van der Waals surface area contributed by atoms with Crippen molar-refractivity contribution in [2.75, 3.05) is 13.7 Å². The Hall–Kier alpha value is -2.86. The van der Waals surface area contributed by atoms with Crippen LogP contribution < -0.4 is 10.1 Å². The zero-order valence-corrected chi connectivity index (χ0v) is 16.7. The fourth-order valence-electron chi connectivity index (χ4n) is 2.50. The Morgan fingerprint density at radius 2 is 1.68 bits per heavy atom. The monoisotopic (exact) mass is 403 g/mol. The molecule has 0 aliphatic rings. The number of ether oxygens (including phenoxy) is 2. The SMILES string of the molecule is COc1ccccc1C(=O)COC(=O)C(NC(=O)c1ccc(Cl)cc1)C(C)C. The van der Waals surface area contributed by atoms with Gasteiger partial charge in [-0.1, -0.05) is 37.6 Å². The second kappa shape index (κ2) is 9.90. The summed E-state index contributed by atoms with van der Waals surface area (Å²) < 4.78 is 10.3. The number of amides is 1. The molecular formula is C21H22ClNO5. The summed E-state index contributed by atoms with van der Waals surface area (Å²) in [7, 11) is 1.46. The number of hydrogen-bond donors (Lipinski definition) is 1. The predicted molar refractivity (Wildman–Crippen MR) is 106 cm³/mol. The molecule has 148 valence electrons. The Balaban J connectivity index is 2.01. The number of carbonyl (C=O) groups excluding carboxylic acids is 3. The number of halogens is 1. The third kappa shape index (κ3) is 5.57. The van der Waals surface area contributed by atoms with E-state index in [2.05, 4.69) is 5.32 Å². The van der Waals surface area contributed by atoms with E-state index >= 15 is 0 Å². The van der Waals surface area contributed by atoms with Crippen LogP contribution in [0.25, 0.3) is 0 Å². The molecule has 0 aromatic heterocycles. The van der Waals surface area contributed by atoms with Crippen LogP contribution in [-0.4, -0.2) is 37.4 Å². The first-order chi connectivity index (χ1) is 13.3. The number of rotatable bonds is 8. The number of carbonyl (C=O) groups is 3. The van der Waals surface area contributed by atoms with Crippen LogP contribution in [0.3, 0.4) is 0 Å². The Morgan fingerprint density at radius 3 is 2.29 bits per heavy atom. The fraction of sp³-hybridized carbons (Fsp3) is 0.286. The summed E-state index contributed by atoms with van der Waals surface area (Å²) in [5.41, 5.74) is 0.692. The van der Waals surface area contributed by atoms with Crippen LogP contribution in [0.5, 0.6) is 5.75 Å². The van der Waals surface area contributed by atoms with Crippen molar-refractivity contribution in [1.29, 1.82) is 0 Å². The fourth-order valence-corrected chi connectivity index (χ4v) is 2.63. The van der Waals surface area contributed by atoms with Gasteiger partial charge in [0.05, 0.1) is 12.7 Å². The molecule has 2 rings (SSSR count). The third-order valence-corrected chi connectivity index (χ3v) is 4.32. The van der Waals surface area contributed by atoms with Crippen LogP contribution in [0.4, 0.5) is 0 Å². The largest absolute Gasteiger partial charge is 0.496 e. The van der Waals surface area contributed by atoms with Gasteiger partial charge in [-0.2, -0.15) is 0 Å². The maximum Gasteiger partial charge on any atom is 0.329 e. The van der Waals surface area contributed by atoms with Crippen LogP contribution in [0.15, 0.2) is 48.5 Å². The number of nitrogens with one attached hydrogen (secondary N) is 1. The van der Waals surface area contributed by atoms with Gasteiger partial charge in [-0.3, -0.25) is 9.59 Å². The van der Waals surface area contributed by atoms with Crippen molar-refractivity contribution in [2.24, 2.45) is 5.92 Å². The molecule has 2 aromatic carbocycles. The Morgan fingerprint density at radius 1 is 1.04 bits per heavy atom. The molecule has 1 amide bonds. The first-order valence-electron chi connectivity index (χ1n) is 8.72. The summed E-state index contributed by atoms with van der Waals surface area (Å²) in [6.07, 6.45) is 0. The molecule has 1 N–H and O–H groups in total. The second-order valence-corrected chi connectivity index (χ2v) is 6.87. The second-order valence-electron chi connectivity index (χ2n) is 6.43. The van der Waals surface area contributed by atoms with Crippen molar-refractivity contribution in [3.05, 3.63) is 64.7 Å². The normalized spacial score (nSPS) is 11.6. The highest BCUT2D eigenvalue weighted by molar-refractivity contribution is 6.30. The molecule has 0 heterocycles. The minimum atomic E-state index is -0.895. The number of benzene rings is 2. The summed E-state index contributed by atoms with van der Waals surface area (Å²) in [6.45, 7) is 3.10. The maximum absolute atomic E-state index is 12.5. The van der Waals surface area contributed by atoms with Crippen molar-refractivity contribution in [3.8, 4) is 5.75 Å². The summed E-state index contributed by atoms with van der Waals surface area (Å²) >= 11 is 5.82. The molecule has 0 aliphatic heterocycles. The van der Waals surface area contributed by atoms with Crippen molar-refractivity contribution in [2.45, 2.75) is 19.9 Å². The molecule has 0 fully saturated rings. The first-order valence-corrected chi connectivity index (χ1v) is 9.10. The van der Waals surface area contributed by atoms with Crippen LogP contribution in [0.1, 0.15) is 34.6 Å². The smallest absolute Gasteiger partial charge is 0.329 e. The van der Waals surface area contributed by atoms with Gasteiger partial charge in [0, 0.05) is 10.6 Å². The third-order valence-electron chi connectivity index (χ3n) is 4.07. The summed E-state index contributed by atoms with van der Waals surface area (Å²) in [5.74, 6) is -1.33. The molecule has 0 saturated carbocycles. The zero-order valence-electron chi connectivity index (χ0n) is 15.9. The van der Waals surface area contributed by atoms with Gasteiger partial charge >= 0.3 is 5.97 Å². The number of Topliss-reactive ketones (excluding diaryl/α,β-unsaturated/α-hetero) is 1. The molecule has 0 radical (unpaired) electrons. The van der Waals surface area contributed by atoms with Gasteiger partial charge in [-0.15, -0.1) is 0 Å². The minimum absolute atomic E-state index is 0.231. The van der Waals surface area contributed by atoms with E-state index in [-0.39, 0.29) is 5.92 Å². The summed E-state index contributed by atoms with van der Waals surface area (Å²) in [5, 5.41) is 3.15. The molecule has 2 aromatic rings. The Kier molecular flexibility index (Phi) is 7.58. The van der Waals surface area contributed by atoms with E-state index in [1.165, 1.54) is 7.11 Å². The van der Waals surface area contributed by atoms with E-state index in [9.17, 15) is 14.4 Å². The van der Waals surface area contributed by atoms with E-state index in [0.717, 1.165) is 0 Å². The van der Waals surface area contributed by atoms with Crippen LogP contribution >= 0.6 is 11.6 Å². The lowest BCUT2D eigenvalue weighted by Gasteiger charge is -2.21. The molecule has 28 heavy (non-hydrogen) atoms. The highest BCUT2D eigenvalue weighted by Crippen LogP contribution is 2.18. The van der Waals surface area contributed by atoms with Gasteiger partial charge in [0.25, 0.3) is 5.91 Å². The number of ketones is 1. The van der Waals surface area contributed by atoms with Gasteiger partial charge in [0.2, 0.25) is 5.78 Å². The van der Waals surface area contributed by atoms with Crippen molar-refractivity contribution >= 4 is 29.3 Å². The van der Waals surface area contributed by atoms with Gasteiger partial charge in [0.1, 0.15) is 11.8 Å². The molecule has 0 saturated heterocycles. The molecule has 1 unspecified atom stereocenters. The maximum atomic E-state index is 12.5. The lowest BCUT2D eigenvalue weighted by Crippen LogP contribution is -2.45. The lowest BCUT2D eigenvalue weighted by molar-refractivity contribution is -0.145. The molecule has 1 atom stereocenters. The quantitative estimate of drug-likeness (QED) is 0.538. The topological polar surface area (TPSA) is 81.7 Å². The minimum Gasteiger partial charge on any atom is -0.496 e. The molecule has 0 spiro atoms. The van der Waals surface area contributed by atoms with Crippen LogP contribution in [0, 0.1) is 5.92 Å². The number of para-hydroxylation sites is 1. The van der Waals surface area contributed by atoms with Gasteiger partial charge in [-0.05, 0) is 42.3 Å². The Bertz CT molecular complexity index is 848. The highest BCUT2D eigenvalue weighted by atomic mass is 35.5. The standard InChI is InChI=1S/C21H22ClNO5/c1-13(2)19(23-20(25)14-8-10-15(22)11-9-14)21(26)28-12-17(24)16-6-4-5-7-18(16)27-3/h4-11,13,19H,12H2,1-3H3,(H,23,25). The first kappa shape index (κ1) is 21.4. The average molecular weight is 404 g/mol. The molecular weight excluding hydrogens is 382 g/mol. The number of esters is 1. The number of methoxy groups -OCH3 is 1. The Labute approximate surface area is 168 Å². The summed E-state index contributed by atoms with van der Waals surface area (Å²) in [4.78, 5) is 37.2. The van der Waals surface area contributed by atoms with Gasteiger partial charge < -0.3 is 14.8 Å². The molecule has 7 heteroatoms. The highest BCUT2D eigenvalue weighted by Gasteiger charge is 2.27. The zero-order chi connectivity index (χ0) is 20.7.